The second-order valence-corrected chi connectivity index (χ2v) is 11.6. The Morgan fingerprint density at radius 1 is 1.10 bits per heavy atom. The van der Waals surface area contributed by atoms with Crippen molar-refractivity contribution in [2.24, 2.45) is 5.92 Å². The third kappa shape index (κ3) is 4.69. The summed E-state index contributed by atoms with van der Waals surface area (Å²) in [4.78, 5) is 22.3. The monoisotopic (exact) mass is 576 g/mol. The lowest BCUT2D eigenvalue weighted by Crippen LogP contribution is -2.45. The first-order valence-electron chi connectivity index (χ1n) is 13.5. The molecule has 0 radical (unpaired) electrons. The summed E-state index contributed by atoms with van der Waals surface area (Å²) in [6.45, 7) is 1.69. The summed E-state index contributed by atoms with van der Waals surface area (Å²) in [5.41, 5.74) is 3.89. The number of aromatic nitrogens is 3. The van der Waals surface area contributed by atoms with Gasteiger partial charge in [0, 0.05) is 65.6 Å². The first-order valence-corrected chi connectivity index (χ1v) is 14.3. The number of carbonyl (C=O) groups is 1. The van der Waals surface area contributed by atoms with E-state index in [4.69, 9.17) is 32.5 Å². The Morgan fingerprint density at radius 3 is 2.55 bits per heavy atom. The number of carboxylic acids is 1. The second-order valence-electron chi connectivity index (χ2n) is 10.8. The van der Waals surface area contributed by atoms with Gasteiger partial charge < -0.3 is 19.3 Å². The van der Waals surface area contributed by atoms with E-state index < -0.39 is 5.97 Å². The van der Waals surface area contributed by atoms with Crippen molar-refractivity contribution in [1.29, 1.82) is 0 Å². The van der Waals surface area contributed by atoms with Gasteiger partial charge in [0.1, 0.15) is 17.2 Å². The van der Waals surface area contributed by atoms with Gasteiger partial charge in [0.05, 0.1) is 21.7 Å². The minimum absolute atomic E-state index is 0.00302. The van der Waals surface area contributed by atoms with Crippen LogP contribution in [0.5, 0.6) is 5.75 Å². The predicted molar refractivity (Wildman–Crippen MR) is 153 cm³/mol. The quantitative estimate of drug-likeness (QED) is 0.234. The molecule has 7 rings (SSSR count). The molecule has 3 aliphatic rings. The topological polar surface area (TPSA) is 102 Å². The Hall–Kier alpha value is -3.62. The summed E-state index contributed by atoms with van der Waals surface area (Å²) in [5.74, 6) is 1.13. The van der Waals surface area contributed by atoms with E-state index in [1.165, 1.54) is 0 Å². The van der Waals surface area contributed by atoms with Crippen LogP contribution in [0.1, 0.15) is 59.8 Å². The van der Waals surface area contributed by atoms with Crippen molar-refractivity contribution in [3.8, 4) is 17.0 Å². The van der Waals surface area contributed by atoms with Crippen LogP contribution in [0.3, 0.4) is 0 Å². The van der Waals surface area contributed by atoms with Gasteiger partial charge in [-0.25, -0.2) is 9.78 Å². The van der Waals surface area contributed by atoms with E-state index in [0.29, 0.717) is 44.4 Å². The van der Waals surface area contributed by atoms with E-state index >= 15 is 0 Å². The zero-order valence-electron chi connectivity index (χ0n) is 21.5. The molecule has 2 aliphatic carbocycles. The smallest absolute Gasteiger partial charge is 0.354 e. The molecule has 40 heavy (non-hydrogen) atoms. The lowest BCUT2D eigenvalue weighted by atomic mass is 9.95. The third-order valence-electron chi connectivity index (χ3n) is 7.92. The number of anilines is 1. The maximum atomic E-state index is 11.6. The zero-order valence-corrected chi connectivity index (χ0v) is 23.0. The van der Waals surface area contributed by atoms with Gasteiger partial charge in [0.2, 0.25) is 0 Å². The van der Waals surface area contributed by atoms with Crippen LogP contribution >= 0.6 is 23.2 Å². The van der Waals surface area contributed by atoms with Gasteiger partial charge in [0.15, 0.2) is 5.69 Å². The van der Waals surface area contributed by atoms with E-state index in [9.17, 15) is 9.90 Å². The SMILES string of the molecule is O=C(O)c1cc(OC2CCC2)c2cc(N3CC(C=Cc4c(-c5c(Cl)cncc5Cl)noc4C4CC4)C3)ccc2n1. The minimum atomic E-state index is -1.06. The number of hydrogen-bond donors (Lipinski definition) is 1. The van der Waals surface area contributed by atoms with Crippen molar-refractivity contribution in [2.75, 3.05) is 18.0 Å². The molecule has 8 nitrogen and oxygen atoms in total. The first kappa shape index (κ1) is 25.4. The summed E-state index contributed by atoms with van der Waals surface area (Å²) >= 11 is 12.9. The maximum Gasteiger partial charge on any atom is 0.354 e. The van der Waals surface area contributed by atoms with Crippen LogP contribution in [0.4, 0.5) is 5.69 Å². The van der Waals surface area contributed by atoms with Gasteiger partial charge in [-0.2, -0.15) is 0 Å². The Kier molecular flexibility index (Phi) is 6.40. The lowest BCUT2D eigenvalue weighted by Gasteiger charge is -2.40. The summed E-state index contributed by atoms with van der Waals surface area (Å²) < 4.78 is 11.9. The average Bonchev–Trinajstić information content (AvgIpc) is 3.65. The maximum absolute atomic E-state index is 11.6. The Balaban J connectivity index is 1.12. The molecule has 0 unspecified atom stereocenters. The highest BCUT2D eigenvalue weighted by Crippen LogP contribution is 2.46. The Labute approximate surface area is 240 Å². The number of ether oxygens (including phenoxy) is 1. The molecule has 3 fully saturated rings. The number of benzene rings is 1. The minimum Gasteiger partial charge on any atom is -0.490 e. The van der Waals surface area contributed by atoms with Gasteiger partial charge in [-0.05, 0) is 50.3 Å². The zero-order chi connectivity index (χ0) is 27.4. The molecule has 1 N–H and O–H groups in total. The standard InChI is InChI=1S/C30H26Cl2N4O4/c31-22-12-33-13-23(32)27(22)28-20(29(40-35-28)17-5-6-17)8-4-16-14-36(15-16)18-7-9-24-21(10-18)26(39-19-2-1-3-19)11-25(34-24)30(37)38/h4,7-13,16-17,19H,1-3,5-6,14-15H2,(H,37,38). The van der Waals surface area contributed by atoms with Crippen LogP contribution in [-0.2, 0) is 0 Å². The number of pyridine rings is 2. The van der Waals surface area contributed by atoms with E-state index in [-0.39, 0.29) is 11.8 Å². The molecule has 0 atom stereocenters. The molecule has 4 heterocycles. The lowest BCUT2D eigenvalue weighted by molar-refractivity contribution is 0.0689. The highest BCUT2D eigenvalue weighted by atomic mass is 35.5. The second kappa shape index (κ2) is 10.1. The highest BCUT2D eigenvalue weighted by Gasteiger charge is 2.33. The number of aromatic carboxylic acids is 1. The van der Waals surface area contributed by atoms with Crippen LogP contribution in [0.15, 0.2) is 47.3 Å². The van der Waals surface area contributed by atoms with Crippen molar-refractivity contribution in [2.45, 2.75) is 44.1 Å². The normalized spacial score (nSPS) is 17.8. The average molecular weight is 577 g/mol. The molecule has 3 aromatic heterocycles. The van der Waals surface area contributed by atoms with Crippen LogP contribution in [-0.4, -0.2) is 45.4 Å². The van der Waals surface area contributed by atoms with Crippen LogP contribution < -0.4 is 9.64 Å². The molecule has 0 amide bonds. The number of halogens is 2. The molecular formula is C30H26Cl2N4O4. The van der Waals surface area contributed by atoms with Crippen LogP contribution in [0.2, 0.25) is 10.0 Å². The molecule has 1 aromatic carbocycles. The number of fused-ring (bicyclic) bond motifs is 1. The fourth-order valence-electron chi connectivity index (χ4n) is 5.26. The Morgan fingerprint density at radius 2 is 1.88 bits per heavy atom. The molecule has 0 spiro atoms. The number of nitrogens with zero attached hydrogens (tertiary/aromatic N) is 4. The van der Waals surface area contributed by atoms with Crippen molar-refractivity contribution in [1.82, 2.24) is 15.1 Å². The van der Waals surface area contributed by atoms with Crippen molar-refractivity contribution >= 4 is 51.8 Å². The van der Waals surface area contributed by atoms with Gasteiger partial charge in [0.25, 0.3) is 0 Å². The van der Waals surface area contributed by atoms with Gasteiger partial charge in [-0.3, -0.25) is 4.98 Å². The van der Waals surface area contributed by atoms with Crippen LogP contribution in [0.25, 0.3) is 28.2 Å². The predicted octanol–water partition coefficient (Wildman–Crippen LogP) is 7.25. The number of hydrogen-bond acceptors (Lipinski definition) is 7. The fraction of sp³-hybridized carbons (Fsp3) is 0.333. The largest absolute Gasteiger partial charge is 0.490 e. The molecular weight excluding hydrogens is 551 g/mol. The van der Waals surface area contributed by atoms with Gasteiger partial charge in [-0.15, -0.1) is 0 Å². The van der Waals surface area contributed by atoms with Crippen LogP contribution in [0, 0.1) is 5.92 Å². The number of rotatable bonds is 8. The molecule has 10 heteroatoms. The molecule has 4 aromatic rings. The fourth-order valence-corrected chi connectivity index (χ4v) is 5.80. The van der Waals surface area contributed by atoms with E-state index in [0.717, 1.165) is 67.6 Å². The first-order chi connectivity index (χ1) is 19.4. The molecule has 0 bridgehead atoms. The van der Waals surface area contributed by atoms with E-state index in [2.05, 4.69) is 38.2 Å². The Bertz CT molecular complexity index is 1630. The van der Waals surface area contributed by atoms with Crippen molar-refractivity contribution in [3.63, 3.8) is 0 Å². The highest BCUT2D eigenvalue weighted by molar-refractivity contribution is 6.39. The van der Waals surface area contributed by atoms with Gasteiger partial charge >= 0.3 is 5.97 Å². The third-order valence-corrected chi connectivity index (χ3v) is 8.50. The van der Waals surface area contributed by atoms with Crippen molar-refractivity contribution in [3.05, 3.63) is 69.8 Å². The van der Waals surface area contributed by atoms with E-state index in [1.54, 1.807) is 18.5 Å². The number of carboxylic acid groups (broad SMARTS) is 1. The summed E-state index contributed by atoms with van der Waals surface area (Å²) in [7, 11) is 0. The summed E-state index contributed by atoms with van der Waals surface area (Å²) in [6, 6.07) is 7.47. The molecule has 204 valence electrons. The summed E-state index contributed by atoms with van der Waals surface area (Å²) in [6.07, 6.45) is 12.8. The van der Waals surface area contributed by atoms with E-state index in [1.807, 2.05) is 12.1 Å². The molecule has 1 aliphatic heterocycles. The summed E-state index contributed by atoms with van der Waals surface area (Å²) in [5, 5.41) is 15.6. The molecule has 1 saturated heterocycles. The van der Waals surface area contributed by atoms with Crippen molar-refractivity contribution < 1.29 is 19.2 Å². The van der Waals surface area contributed by atoms with Gasteiger partial charge in [-0.1, -0.05) is 40.5 Å². The molecule has 2 saturated carbocycles.